The van der Waals surface area contributed by atoms with Gasteiger partial charge in [0.15, 0.2) is 0 Å². The van der Waals surface area contributed by atoms with Gasteiger partial charge in [-0.1, -0.05) is 49.4 Å². The number of hydrogen-bond acceptors (Lipinski definition) is 4. The van der Waals surface area contributed by atoms with Crippen molar-refractivity contribution >= 4 is 23.7 Å². The Morgan fingerprint density at radius 3 is 2.46 bits per heavy atom. The van der Waals surface area contributed by atoms with Crippen LogP contribution in [0.2, 0.25) is 5.02 Å². The molecule has 1 heterocycles. The van der Waals surface area contributed by atoms with Crippen LogP contribution in [-0.2, 0) is 9.53 Å². The zero-order chi connectivity index (χ0) is 18.4. The van der Waals surface area contributed by atoms with Crippen LogP contribution >= 0.6 is 11.6 Å². The first-order valence-electron chi connectivity index (χ1n) is 9.62. The first kappa shape index (κ1) is 19.2. The molecule has 1 aromatic carbocycles. The molecule has 1 unspecified atom stereocenters. The Morgan fingerprint density at radius 2 is 1.81 bits per heavy atom. The highest BCUT2D eigenvalue weighted by Gasteiger charge is 2.34. The summed E-state index contributed by atoms with van der Waals surface area (Å²) < 4.78 is 5.32. The second kappa shape index (κ2) is 9.38. The van der Waals surface area contributed by atoms with Gasteiger partial charge in [-0.15, -0.1) is 0 Å². The summed E-state index contributed by atoms with van der Waals surface area (Å²) in [6.07, 6.45) is 6.06. The number of rotatable bonds is 3. The van der Waals surface area contributed by atoms with E-state index in [0.29, 0.717) is 18.1 Å². The maximum Gasteiger partial charge on any atom is 0.417 e. The minimum atomic E-state index is -0.530. The van der Waals surface area contributed by atoms with E-state index in [1.165, 1.54) is 12.8 Å². The molecular formula is C20H27ClN2O3. The number of ether oxygens (including phenoxy) is 1. The average molecular weight is 379 g/mol. The molecule has 1 N–H and O–H groups in total. The van der Waals surface area contributed by atoms with Gasteiger partial charge in [0, 0.05) is 31.2 Å². The summed E-state index contributed by atoms with van der Waals surface area (Å²) in [6, 6.07) is 7.39. The van der Waals surface area contributed by atoms with Gasteiger partial charge in [-0.05, 0) is 36.5 Å². The van der Waals surface area contributed by atoms with Crippen LogP contribution in [0.5, 0.6) is 0 Å². The molecule has 1 amide bonds. The van der Waals surface area contributed by atoms with Crippen LogP contribution < -0.4 is 5.32 Å². The lowest BCUT2D eigenvalue weighted by atomic mass is 9.81. The molecule has 0 spiro atoms. The van der Waals surface area contributed by atoms with Crippen molar-refractivity contribution < 1.29 is 14.3 Å². The maximum atomic E-state index is 13.0. The summed E-state index contributed by atoms with van der Waals surface area (Å²) in [6.45, 7) is 2.59. The topological polar surface area (TPSA) is 58.6 Å². The van der Waals surface area contributed by atoms with Gasteiger partial charge >= 0.3 is 12.1 Å². The van der Waals surface area contributed by atoms with E-state index in [0.717, 1.165) is 44.3 Å². The van der Waals surface area contributed by atoms with E-state index in [-0.39, 0.29) is 5.92 Å². The van der Waals surface area contributed by atoms with Crippen molar-refractivity contribution in [2.45, 2.75) is 44.4 Å². The van der Waals surface area contributed by atoms with Crippen LogP contribution in [-0.4, -0.2) is 43.1 Å². The highest BCUT2D eigenvalue weighted by atomic mass is 35.5. The van der Waals surface area contributed by atoms with Gasteiger partial charge in [0.1, 0.15) is 0 Å². The molecule has 1 aromatic rings. The van der Waals surface area contributed by atoms with E-state index in [9.17, 15) is 9.59 Å². The molecule has 1 atom stereocenters. The molecule has 1 aliphatic heterocycles. The van der Waals surface area contributed by atoms with Gasteiger partial charge < -0.3 is 15.0 Å². The lowest BCUT2D eigenvalue weighted by Crippen LogP contribution is -2.47. The second-order valence-corrected chi connectivity index (χ2v) is 7.64. The van der Waals surface area contributed by atoms with Crippen molar-refractivity contribution in [2.24, 2.45) is 5.92 Å². The number of nitrogens with one attached hydrogen (secondary N) is 1. The Hall–Kier alpha value is -1.59. The predicted octanol–water partition coefficient (Wildman–Crippen LogP) is 3.96. The molecule has 142 valence electrons. The summed E-state index contributed by atoms with van der Waals surface area (Å²) in [5.74, 6) is -0.680. The van der Waals surface area contributed by atoms with Crippen molar-refractivity contribution in [3.63, 3.8) is 0 Å². The molecule has 0 bridgehead atoms. The molecule has 2 aliphatic rings. The van der Waals surface area contributed by atoms with Crippen LogP contribution in [0.25, 0.3) is 0 Å². The number of hydrogen-bond donors (Lipinski definition) is 1. The molecule has 0 aromatic heterocycles. The number of amides is 1. The number of piperazine rings is 1. The highest BCUT2D eigenvalue weighted by molar-refractivity contribution is 6.30. The lowest BCUT2D eigenvalue weighted by molar-refractivity contribution is -0.141. The van der Waals surface area contributed by atoms with Gasteiger partial charge in [-0.2, -0.15) is 0 Å². The standard InChI is InChI=1S/C20H27ClN2O3/c21-17-9-5-8-16(14-17)18(15-6-3-1-2-4-7-15)19(24)26-20(25)23-12-10-22-11-13-23/h5,8-9,14-15,18,22H,1-4,6-7,10-13H2. The molecule has 6 heteroatoms. The van der Waals surface area contributed by atoms with Gasteiger partial charge in [-0.25, -0.2) is 4.79 Å². The number of nitrogens with zero attached hydrogens (tertiary/aromatic N) is 1. The van der Waals surface area contributed by atoms with E-state index in [1.807, 2.05) is 18.2 Å². The Morgan fingerprint density at radius 1 is 1.12 bits per heavy atom. The number of carbonyl (C=O) groups is 2. The smallest absolute Gasteiger partial charge is 0.376 e. The molecule has 2 fully saturated rings. The monoisotopic (exact) mass is 378 g/mol. The molecule has 5 nitrogen and oxygen atoms in total. The molecule has 26 heavy (non-hydrogen) atoms. The SMILES string of the molecule is O=C(OC(=O)N1CCNCC1)C(c1cccc(Cl)c1)C1CCCCCC1. The maximum absolute atomic E-state index is 13.0. The third-order valence-electron chi connectivity index (χ3n) is 5.40. The molecule has 1 saturated heterocycles. The summed E-state index contributed by atoms with van der Waals surface area (Å²) in [5.41, 5.74) is 0.850. The predicted molar refractivity (Wildman–Crippen MR) is 101 cm³/mol. The minimum absolute atomic E-state index is 0.194. The van der Waals surface area contributed by atoms with Crippen LogP contribution in [0.3, 0.4) is 0 Å². The Labute approximate surface area is 160 Å². The first-order chi connectivity index (χ1) is 12.6. The lowest BCUT2D eigenvalue weighted by Gasteiger charge is -2.28. The summed E-state index contributed by atoms with van der Waals surface area (Å²) in [5, 5.41) is 3.79. The second-order valence-electron chi connectivity index (χ2n) is 7.21. The third kappa shape index (κ3) is 4.98. The number of halogens is 1. The van der Waals surface area contributed by atoms with Crippen LogP contribution in [0.1, 0.15) is 50.0 Å². The minimum Gasteiger partial charge on any atom is -0.376 e. The highest BCUT2D eigenvalue weighted by Crippen LogP contribution is 2.37. The normalized spacial score (nSPS) is 20.3. The van der Waals surface area contributed by atoms with Crippen molar-refractivity contribution in [2.75, 3.05) is 26.2 Å². The molecule has 3 rings (SSSR count). The van der Waals surface area contributed by atoms with Gasteiger partial charge in [0.2, 0.25) is 0 Å². The number of esters is 1. The Balaban J connectivity index is 1.77. The number of carbonyl (C=O) groups excluding carboxylic acids is 2. The first-order valence-corrected chi connectivity index (χ1v) is 10.00. The van der Waals surface area contributed by atoms with E-state index in [2.05, 4.69) is 5.32 Å². The fourth-order valence-electron chi connectivity index (χ4n) is 4.01. The molecule has 1 aliphatic carbocycles. The van der Waals surface area contributed by atoms with Crippen LogP contribution in [0, 0.1) is 5.92 Å². The van der Waals surface area contributed by atoms with Crippen molar-refractivity contribution in [1.82, 2.24) is 10.2 Å². The number of benzene rings is 1. The van der Waals surface area contributed by atoms with E-state index in [4.69, 9.17) is 16.3 Å². The zero-order valence-corrected chi connectivity index (χ0v) is 15.8. The molecular weight excluding hydrogens is 352 g/mol. The Kier molecular flexibility index (Phi) is 6.92. The Bertz CT molecular complexity index is 623. The fourth-order valence-corrected chi connectivity index (χ4v) is 4.21. The molecule has 1 saturated carbocycles. The molecule has 0 radical (unpaired) electrons. The van der Waals surface area contributed by atoms with E-state index < -0.39 is 18.0 Å². The van der Waals surface area contributed by atoms with Crippen molar-refractivity contribution in [1.29, 1.82) is 0 Å². The van der Waals surface area contributed by atoms with E-state index >= 15 is 0 Å². The fraction of sp³-hybridized carbons (Fsp3) is 0.600. The van der Waals surface area contributed by atoms with Crippen LogP contribution in [0.15, 0.2) is 24.3 Å². The van der Waals surface area contributed by atoms with Gasteiger partial charge in [-0.3, -0.25) is 4.79 Å². The summed E-state index contributed by atoms with van der Waals surface area (Å²) in [4.78, 5) is 27.0. The third-order valence-corrected chi connectivity index (χ3v) is 5.63. The largest absolute Gasteiger partial charge is 0.417 e. The summed E-state index contributed by atoms with van der Waals surface area (Å²) in [7, 11) is 0. The van der Waals surface area contributed by atoms with Crippen molar-refractivity contribution in [3.05, 3.63) is 34.9 Å². The van der Waals surface area contributed by atoms with Gasteiger partial charge in [0.25, 0.3) is 0 Å². The van der Waals surface area contributed by atoms with Gasteiger partial charge in [0.05, 0.1) is 5.92 Å². The zero-order valence-electron chi connectivity index (χ0n) is 15.1. The quantitative estimate of drug-likeness (QED) is 0.491. The average Bonchev–Trinajstić information content (AvgIpc) is 2.92. The van der Waals surface area contributed by atoms with Crippen molar-refractivity contribution in [3.8, 4) is 0 Å². The van der Waals surface area contributed by atoms with Crippen LogP contribution in [0.4, 0.5) is 4.79 Å². The van der Waals surface area contributed by atoms with E-state index in [1.54, 1.807) is 11.0 Å². The summed E-state index contributed by atoms with van der Waals surface area (Å²) >= 11 is 6.16.